The van der Waals surface area contributed by atoms with Crippen LogP contribution in [0.1, 0.15) is 71.1 Å². The maximum absolute atomic E-state index is 13.2. The van der Waals surface area contributed by atoms with Crippen LogP contribution in [0.15, 0.2) is 87.9 Å². The van der Waals surface area contributed by atoms with Crippen LogP contribution in [0, 0.1) is 6.92 Å². The van der Waals surface area contributed by atoms with E-state index in [1.54, 1.807) is 37.3 Å². The third-order valence-corrected chi connectivity index (χ3v) is 11.8. The molecule has 4 N–H and O–H groups in total. The number of phenols is 2. The third kappa shape index (κ3) is 10.3. The van der Waals surface area contributed by atoms with Crippen LogP contribution in [-0.4, -0.2) is 79.4 Å². The molecule has 0 bridgehead atoms. The topological polar surface area (TPSA) is 170 Å². The van der Waals surface area contributed by atoms with Gasteiger partial charge in [0.25, 0.3) is 16.0 Å². The van der Waals surface area contributed by atoms with Gasteiger partial charge in [-0.15, -0.1) is 5.11 Å². The van der Waals surface area contributed by atoms with Gasteiger partial charge >= 0.3 is 29.6 Å². The Morgan fingerprint density at radius 3 is 2.12 bits per heavy atom. The quantitative estimate of drug-likeness (QED) is 0.0368. The average Bonchev–Trinajstić information content (AvgIpc) is 3.17. The van der Waals surface area contributed by atoms with E-state index in [9.17, 15) is 28.0 Å². The number of nitrogens with zero attached hydrogens (tertiary/aromatic N) is 3. The molecular formula is C43H50ClN4NaO8S. The molecule has 5 aromatic rings. The Morgan fingerprint density at radius 1 is 0.862 bits per heavy atom. The Bertz CT molecular complexity index is 2470. The number of halogens is 1. The molecule has 58 heavy (non-hydrogen) atoms. The number of fused-ring (bicyclic) bond motifs is 1. The molecule has 1 amide bonds. The zero-order chi connectivity index (χ0) is 42.0. The standard InChI is InChI=1S/C43H49ClN4O8S.Na.H/c1-10-42(4,5)27-12-19-34(32(22-27)43(6,7)11-2)55-24-37(49)45-33-23-35(25(3)38(44)41(33)51)56-30-16-13-28(14-17-30)46-47-39-36(57(52,53)54)21-26-20-29(48(8)9)15-18-31(26)40(39)50;;/h12-23,50-51H,10-11,24H2,1-9H3,(H,45,49)(H,52,53,54);;/b47-46+;;. The van der Waals surface area contributed by atoms with E-state index >= 15 is 0 Å². The molecule has 5 rings (SSSR count). The molecule has 0 unspecified atom stereocenters. The van der Waals surface area contributed by atoms with Crippen molar-refractivity contribution in [3.05, 3.63) is 94.5 Å². The van der Waals surface area contributed by atoms with Crippen LogP contribution >= 0.6 is 11.6 Å². The van der Waals surface area contributed by atoms with Crippen LogP contribution < -0.4 is 19.7 Å². The molecule has 0 fully saturated rings. The predicted octanol–water partition coefficient (Wildman–Crippen LogP) is 10.5. The normalized spacial score (nSPS) is 12.1. The Labute approximate surface area is 367 Å². The summed E-state index contributed by atoms with van der Waals surface area (Å²) in [5.74, 6) is -0.109. The summed E-state index contributed by atoms with van der Waals surface area (Å²) in [6.07, 6.45) is 1.83. The van der Waals surface area contributed by atoms with E-state index in [1.807, 2.05) is 31.1 Å². The van der Waals surface area contributed by atoms with Crippen LogP contribution in [0.4, 0.5) is 22.7 Å². The summed E-state index contributed by atoms with van der Waals surface area (Å²) >= 11 is 6.48. The van der Waals surface area contributed by atoms with Gasteiger partial charge in [0.05, 0.1) is 16.4 Å². The van der Waals surface area contributed by atoms with Crippen LogP contribution in [0.25, 0.3) is 10.8 Å². The SMILES string of the molecule is CCC(C)(C)c1ccc(OCC(=O)Nc2cc(Oc3ccc(/N=N/c4c(S(=O)(=O)O)cc5cc(N(C)C)ccc5c4O)cc3)c(C)c(Cl)c2O)c(C(C)(C)CC)c1.[NaH]. The number of benzene rings is 5. The van der Waals surface area contributed by atoms with Crippen LogP contribution in [-0.2, 0) is 25.7 Å². The second-order valence-corrected chi connectivity index (χ2v) is 17.1. The number of phenolic OH excluding ortho intramolecular Hbond substituents is 2. The van der Waals surface area contributed by atoms with Gasteiger partial charge in [0.15, 0.2) is 18.1 Å². The third-order valence-electron chi connectivity index (χ3n) is 10.5. The molecule has 0 heterocycles. The number of amides is 1. The number of carbonyl (C=O) groups excluding carboxylic acids is 1. The summed E-state index contributed by atoms with van der Waals surface area (Å²) in [4.78, 5) is 14.4. The monoisotopic (exact) mass is 840 g/mol. The van der Waals surface area contributed by atoms with Gasteiger partial charge in [-0.1, -0.05) is 65.3 Å². The van der Waals surface area contributed by atoms with Crippen LogP contribution in [0.5, 0.6) is 28.7 Å². The van der Waals surface area contributed by atoms with Crippen molar-refractivity contribution in [1.82, 2.24) is 0 Å². The van der Waals surface area contributed by atoms with Crippen molar-refractivity contribution in [2.45, 2.75) is 77.0 Å². The number of hydrogen-bond donors (Lipinski definition) is 4. The first kappa shape index (κ1) is 46.3. The molecule has 0 radical (unpaired) electrons. The number of hydrogen-bond acceptors (Lipinski definition) is 10. The second kappa shape index (κ2) is 18.3. The summed E-state index contributed by atoms with van der Waals surface area (Å²) in [6.45, 7) is 14.3. The van der Waals surface area contributed by atoms with Gasteiger partial charge in [-0.05, 0) is 96.1 Å². The molecule has 0 saturated heterocycles. The summed E-state index contributed by atoms with van der Waals surface area (Å²) in [5.41, 5.74) is 3.02. The number of ether oxygens (including phenoxy) is 2. The maximum atomic E-state index is 13.2. The van der Waals surface area contributed by atoms with Gasteiger partial charge in [0.1, 0.15) is 27.8 Å². The fourth-order valence-corrected chi connectivity index (χ4v) is 6.82. The molecule has 304 valence electrons. The number of rotatable bonds is 14. The molecule has 0 aliphatic carbocycles. The Kier molecular flexibility index (Phi) is 14.6. The van der Waals surface area contributed by atoms with E-state index in [2.05, 4.69) is 63.2 Å². The summed E-state index contributed by atoms with van der Waals surface area (Å²) in [6, 6.07) is 20.1. The molecule has 0 saturated carbocycles. The minimum absolute atomic E-state index is 0. The Morgan fingerprint density at radius 2 is 1.52 bits per heavy atom. The first-order valence-electron chi connectivity index (χ1n) is 18.4. The number of azo groups is 1. The fourth-order valence-electron chi connectivity index (χ4n) is 5.97. The Balaban J connectivity index is 0.00000744. The molecule has 0 spiro atoms. The van der Waals surface area contributed by atoms with Crippen molar-refractivity contribution in [3.8, 4) is 28.7 Å². The summed E-state index contributed by atoms with van der Waals surface area (Å²) in [7, 11) is -1.16. The molecule has 15 heteroatoms. The van der Waals surface area contributed by atoms with Crippen molar-refractivity contribution >= 4 is 90.7 Å². The first-order chi connectivity index (χ1) is 26.7. The van der Waals surface area contributed by atoms with Crippen molar-refractivity contribution in [1.29, 1.82) is 0 Å². The molecule has 0 aromatic heterocycles. The van der Waals surface area contributed by atoms with E-state index in [4.69, 9.17) is 21.1 Å². The van der Waals surface area contributed by atoms with Crippen LogP contribution in [0.3, 0.4) is 0 Å². The van der Waals surface area contributed by atoms with Crippen molar-refractivity contribution in [2.75, 3.05) is 30.9 Å². The van der Waals surface area contributed by atoms with E-state index in [-0.39, 0.29) is 74.9 Å². The first-order valence-corrected chi connectivity index (χ1v) is 20.2. The zero-order valence-electron chi connectivity index (χ0n) is 33.6. The van der Waals surface area contributed by atoms with Crippen LogP contribution in [0.2, 0.25) is 5.02 Å². The predicted molar refractivity (Wildman–Crippen MR) is 233 cm³/mol. The van der Waals surface area contributed by atoms with E-state index in [0.29, 0.717) is 27.8 Å². The molecule has 12 nitrogen and oxygen atoms in total. The average molecular weight is 841 g/mol. The van der Waals surface area contributed by atoms with Gasteiger partial charge in [-0.3, -0.25) is 9.35 Å². The molecule has 0 atom stereocenters. The van der Waals surface area contributed by atoms with Crippen molar-refractivity contribution < 1.29 is 37.5 Å². The summed E-state index contributed by atoms with van der Waals surface area (Å²) < 4.78 is 46.7. The minimum atomic E-state index is -4.79. The number of aromatic hydroxyl groups is 2. The van der Waals surface area contributed by atoms with Gasteiger partial charge in [-0.2, -0.15) is 13.5 Å². The molecular weight excluding hydrogens is 791 g/mol. The second-order valence-electron chi connectivity index (χ2n) is 15.4. The van der Waals surface area contributed by atoms with E-state index in [0.717, 1.165) is 24.1 Å². The van der Waals surface area contributed by atoms with Crippen molar-refractivity contribution in [3.63, 3.8) is 0 Å². The van der Waals surface area contributed by atoms with Gasteiger partial charge < -0.3 is 29.9 Å². The fraction of sp³-hybridized carbons (Fsp3) is 0.326. The summed E-state index contributed by atoms with van der Waals surface area (Å²) in [5, 5.41) is 33.3. The molecule has 0 aliphatic rings. The van der Waals surface area contributed by atoms with E-state index < -0.39 is 32.4 Å². The number of carbonyl (C=O) groups is 1. The number of nitrogens with one attached hydrogen (secondary N) is 1. The van der Waals surface area contributed by atoms with Gasteiger partial charge in [0, 0.05) is 42.4 Å². The molecule has 5 aromatic carbocycles. The Hall–Kier alpha value is -4.37. The molecule has 0 aliphatic heterocycles. The van der Waals surface area contributed by atoms with Gasteiger partial charge in [0.2, 0.25) is 0 Å². The van der Waals surface area contributed by atoms with Crippen molar-refractivity contribution in [2.24, 2.45) is 10.2 Å². The van der Waals surface area contributed by atoms with Gasteiger partial charge in [-0.25, -0.2) is 0 Å². The number of anilines is 2. The van der Waals surface area contributed by atoms with E-state index in [1.165, 1.54) is 29.8 Å². The zero-order valence-corrected chi connectivity index (χ0v) is 35.1.